The third-order valence-electron chi connectivity index (χ3n) is 4.80. The Balaban J connectivity index is 2.03. The number of hydrogen-bond acceptors (Lipinski definition) is 3. The lowest BCUT2D eigenvalue weighted by Crippen LogP contribution is -2.25. The maximum Gasteiger partial charge on any atom is 0.313 e. The monoisotopic (exact) mass is 388 g/mol. The van der Waals surface area contributed by atoms with E-state index in [0.29, 0.717) is 0 Å². The molecule has 24 heavy (non-hydrogen) atoms. The standard InChI is InChI=1S/C20H21BrO3/c1-23-16-10-11-17-14(12-16)4-3-5-18(17)19(20(22)24-2)13-6-8-15(21)9-7-13/h6-12,18-19H,3-5H2,1-2H3/t18-,19+/m1/s1. The molecule has 0 heterocycles. The third kappa shape index (κ3) is 3.34. The molecular weight excluding hydrogens is 368 g/mol. The molecule has 0 unspecified atom stereocenters. The van der Waals surface area contributed by atoms with Gasteiger partial charge in [-0.3, -0.25) is 4.79 Å². The number of ether oxygens (including phenoxy) is 2. The van der Waals surface area contributed by atoms with E-state index in [1.807, 2.05) is 30.3 Å². The Morgan fingerprint density at radius 2 is 1.92 bits per heavy atom. The fraction of sp³-hybridized carbons (Fsp3) is 0.350. The zero-order valence-corrected chi connectivity index (χ0v) is 15.5. The fourth-order valence-electron chi connectivity index (χ4n) is 3.63. The number of fused-ring (bicyclic) bond motifs is 1. The van der Waals surface area contributed by atoms with Gasteiger partial charge in [0.1, 0.15) is 5.75 Å². The van der Waals surface area contributed by atoms with Crippen LogP contribution in [0.2, 0.25) is 0 Å². The Morgan fingerprint density at radius 1 is 1.17 bits per heavy atom. The van der Waals surface area contributed by atoms with Crippen LogP contribution in [0.25, 0.3) is 0 Å². The van der Waals surface area contributed by atoms with E-state index in [4.69, 9.17) is 9.47 Å². The zero-order valence-electron chi connectivity index (χ0n) is 13.9. The Labute approximate surface area is 151 Å². The second-order valence-corrected chi connectivity index (χ2v) is 7.03. The predicted octanol–water partition coefficient (Wildman–Crippen LogP) is 4.83. The average Bonchev–Trinajstić information content (AvgIpc) is 2.63. The van der Waals surface area contributed by atoms with E-state index in [0.717, 1.165) is 35.0 Å². The van der Waals surface area contributed by atoms with Crippen molar-refractivity contribution in [2.45, 2.75) is 31.1 Å². The molecule has 0 bridgehead atoms. The van der Waals surface area contributed by atoms with Crippen LogP contribution >= 0.6 is 15.9 Å². The van der Waals surface area contributed by atoms with Crippen molar-refractivity contribution in [1.29, 1.82) is 0 Å². The summed E-state index contributed by atoms with van der Waals surface area (Å²) in [6, 6.07) is 14.1. The number of carbonyl (C=O) groups excluding carboxylic acids is 1. The average molecular weight is 389 g/mol. The van der Waals surface area contributed by atoms with Crippen LogP contribution in [0.5, 0.6) is 5.75 Å². The highest BCUT2D eigenvalue weighted by Crippen LogP contribution is 2.43. The van der Waals surface area contributed by atoms with Crippen molar-refractivity contribution in [2.75, 3.05) is 14.2 Å². The molecule has 2 aromatic rings. The molecule has 2 atom stereocenters. The second-order valence-electron chi connectivity index (χ2n) is 6.12. The summed E-state index contributed by atoms with van der Waals surface area (Å²) in [7, 11) is 3.15. The van der Waals surface area contributed by atoms with Gasteiger partial charge in [0.05, 0.1) is 20.1 Å². The maximum absolute atomic E-state index is 12.6. The first-order valence-corrected chi connectivity index (χ1v) is 8.93. The van der Waals surface area contributed by atoms with Crippen molar-refractivity contribution < 1.29 is 14.3 Å². The molecule has 0 aliphatic heterocycles. The SMILES string of the molecule is COC(=O)[C@@H](c1ccc(Br)cc1)[C@@H]1CCCc2cc(OC)ccc21. The van der Waals surface area contributed by atoms with Gasteiger partial charge in [0.25, 0.3) is 0 Å². The fourth-order valence-corrected chi connectivity index (χ4v) is 3.90. The van der Waals surface area contributed by atoms with Crippen LogP contribution in [0.4, 0.5) is 0 Å². The first-order valence-electron chi connectivity index (χ1n) is 8.14. The molecule has 3 nitrogen and oxygen atoms in total. The highest BCUT2D eigenvalue weighted by molar-refractivity contribution is 9.10. The van der Waals surface area contributed by atoms with E-state index in [9.17, 15) is 4.79 Å². The lowest BCUT2D eigenvalue weighted by Gasteiger charge is -2.31. The lowest BCUT2D eigenvalue weighted by atomic mass is 9.73. The van der Waals surface area contributed by atoms with Crippen LogP contribution in [-0.4, -0.2) is 20.2 Å². The van der Waals surface area contributed by atoms with Crippen LogP contribution in [-0.2, 0) is 16.0 Å². The van der Waals surface area contributed by atoms with Crippen LogP contribution in [0.1, 0.15) is 41.4 Å². The van der Waals surface area contributed by atoms with Gasteiger partial charge in [0, 0.05) is 10.4 Å². The molecule has 3 rings (SSSR count). The Bertz CT molecular complexity index is 724. The molecule has 1 aliphatic rings. The molecule has 0 saturated carbocycles. The van der Waals surface area contributed by atoms with E-state index >= 15 is 0 Å². The summed E-state index contributed by atoms with van der Waals surface area (Å²) in [5.41, 5.74) is 3.51. The summed E-state index contributed by atoms with van der Waals surface area (Å²) in [6.45, 7) is 0. The highest BCUT2D eigenvalue weighted by atomic mass is 79.9. The normalized spacial score (nSPS) is 17.7. The summed E-state index contributed by atoms with van der Waals surface area (Å²) in [4.78, 5) is 12.6. The lowest BCUT2D eigenvalue weighted by molar-refractivity contribution is -0.143. The molecule has 0 radical (unpaired) electrons. The number of carbonyl (C=O) groups is 1. The molecular formula is C20H21BrO3. The maximum atomic E-state index is 12.6. The predicted molar refractivity (Wildman–Crippen MR) is 97.6 cm³/mol. The van der Waals surface area contributed by atoms with Crippen LogP contribution in [0, 0.1) is 0 Å². The molecule has 0 N–H and O–H groups in total. The van der Waals surface area contributed by atoms with E-state index in [2.05, 4.69) is 28.1 Å². The van der Waals surface area contributed by atoms with Crippen LogP contribution in [0.15, 0.2) is 46.9 Å². The summed E-state index contributed by atoms with van der Waals surface area (Å²) in [5, 5.41) is 0. The number of methoxy groups -OCH3 is 2. The Kier molecular flexibility index (Phi) is 5.24. The molecule has 0 aromatic heterocycles. The van der Waals surface area contributed by atoms with Gasteiger partial charge in [-0.1, -0.05) is 34.1 Å². The van der Waals surface area contributed by atoms with Crippen LogP contribution in [0.3, 0.4) is 0 Å². The first kappa shape index (κ1) is 17.0. The van der Waals surface area contributed by atoms with Crippen molar-refractivity contribution in [3.63, 3.8) is 0 Å². The minimum absolute atomic E-state index is 0.133. The van der Waals surface area contributed by atoms with Gasteiger partial charge in [-0.15, -0.1) is 0 Å². The second kappa shape index (κ2) is 7.39. The molecule has 0 spiro atoms. The molecule has 4 heteroatoms. The number of benzene rings is 2. The zero-order chi connectivity index (χ0) is 17.1. The minimum Gasteiger partial charge on any atom is -0.497 e. The van der Waals surface area contributed by atoms with Crippen molar-refractivity contribution in [1.82, 2.24) is 0 Å². The summed E-state index contributed by atoms with van der Waals surface area (Å²) >= 11 is 3.46. The van der Waals surface area contributed by atoms with Gasteiger partial charge in [-0.25, -0.2) is 0 Å². The molecule has 0 fully saturated rings. The van der Waals surface area contributed by atoms with Gasteiger partial charge in [-0.05, 0) is 60.2 Å². The Hall–Kier alpha value is -1.81. The summed E-state index contributed by atoms with van der Waals surface area (Å²) < 4.78 is 11.5. The third-order valence-corrected chi connectivity index (χ3v) is 5.33. The van der Waals surface area contributed by atoms with Crippen LogP contribution < -0.4 is 4.74 Å². The Morgan fingerprint density at radius 3 is 2.58 bits per heavy atom. The van der Waals surface area contributed by atoms with E-state index in [1.54, 1.807) is 7.11 Å². The molecule has 0 amide bonds. The quantitative estimate of drug-likeness (QED) is 0.703. The molecule has 2 aromatic carbocycles. The van der Waals surface area contributed by atoms with Gasteiger partial charge in [0.2, 0.25) is 0 Å². The highest BCUT2D eigenvalue weighted by Gasteiger charge is 2.34. The minimum atomic E-state index is -0.282. The largest absolute Gasteiger partial charge is 0.497 e. The smallest absolute Gasteiger partial charge is 0.313 e. The van der Waals surface area contributed by atoms with Gasteiger partial charge < -0.3 is 9.47 Å². The van der Waals surface area contributed by atoms with E-state index in [-0.39, 0.29) is 17.8 Å². The number of hydrogen-bond donors (Lipinski definition) is 0. The number of halogens is 1. The summed E-state index contributed by atoms with van der Waals surface area (Å²) in [6.07, 6.45) is 3.07. The van der Waals surface area contributed by atoms with Gasteiger partial charge in [-0.2, -0.15) is 0 Å². The van der Waals surface area contributed by atoms with E-state index in [1.165, 1.54) is 18.2 Å². The van der Waals surface area contributed by atoms with Gasteiger partial charge >= 0.3 is 5.97 Å². The number of aryl methyl sites for hydroxylation is 1. The number of esters is 1. The molecule has 0 saturated heterocycles. The van der Waals surface area contributed by atoms with Gasteiger partial charge in [0.15, 0.2) is 0 Å². The number of rotatable bonds is 4. The van der Waals surface area contributed by atoms with E-state index < -0.39 is 0 Å². The van der Waals surface area contributed by atoms with Crippen molar-refractivity contribution in [2.24, 2.45) is 0 Å². The molecule has 126 valence electrons. The van der Waals surface area contributed by atoms with Crippen molar-refractivity contribution in [3.05, 3.63) is 63.6 Å². The first-order chi connectivity index (χ1) is 11.6. The molecule has 1 aliphatic carbocycles. The topological polar surface area (TPSA) is 35.5 Å². The van der Waals surface area contributed by atoms with Crippen molar-refractivity contribution >= 4 is 21.9 Å². The van der Waals surface area contributed by atoms with Crippen molar-refractivity contribution in [3.8, 4) is 5.75 Å². The summed E-state index contributed by atoms with van der Waals surface area (Å²) in [5.74, 6) is 0.544.